The van der Waals surface area contributed by atoms with Gasteiger partial charge in [-0.05, 0) is 24.1 Å². The van der Waals surface area contributed by atoms with E-state index >= 15 is 0 Å². The van der Waals surface area contributed by atoms with Gasteiger partial charge >= 0.3 is 0 Å². The van der Waals surface area contributed by atoms with E-state index < -0.39 is 0 Å². The first-order valence-electron chi connectivity index (χ1n) is 8.86. The summed E-state index contributed by atoms with van der Waals surface area (Å²) in [5.41, 5.74) is 0.742. The number of hydrogen-bond acceptors (Lipinski definition) is 4. The molecule has 1 aromatic carbocycles. The summed E-state index contributed by atoms with van der Waals surface area (Å²) in [5.74, 6) is 0.369. The number of halogens is 1. The Morgan fingerprint density at radius 3 is 2.42 bits per heavy atom. The van der Waals surface area contributed by atoms with E-state index in [-0.39, 0.29) is 17.9 Å². The highest BCUT2D eigenvalue weighted by Crippen LogP contribution is 2.53. The van der Waals surface area contributed by atoms with E-state index in [2.05, 4.69) is 9.80 Å². The second-order valence-corrected chi connectivity index (χ2v) is 7.75. The van der Waals surface area contributed by atoms with Gasteiger partial charge in [0.25, 0.3) is 0 Å². The van der Waals surface area contributed by atoms with Crippen LogP contribution in [0.5, 0.6) is 0 Å². The van der Waals surface area contributed by atoms with E-state index in [1.54, 1.807) is 0 Å². The molecule has 1 saturated carbocycles. The van der Waals surface area contributed by atoms with Gasteiger partial charge in [0, 0.05) is 49.7 Å². The van der Waals surface area contributed by atoms with E-state index in [9.17, 15) is 4.79 Å². The molecule has 3 rings (SSSR count). The highest BCUT2D eigenvalue weighted by atomic mass is 35.5. The van der Waals surface area contributed by atoms with Crippen molar-refractivity contribution in [3.63, 3.8) is 0 Å². The summed E-state index contributed by atoms with van der Waals surface area (Å²) in [6.07, 6.45) is 0.908. The number of ketones is 1. The van der Waals surface area contributed by atoms with Crippen molar-refractivity contribution in [2.45, 2.75) is 31.7 Å². The van der Waals surface area contributed by atoms with Crippen LogP contribution in [0.1, 0.15) is 25.8 Å². The van der Waals surface area contributed by atoms with Gasteiger partial charge in [0.1, 0.15) is 5.78 Å². The van der Waals surface area contributed by atoms with Crippen molar-refractivity contribution in [3.05, 3.63) is 34.9 Å². The fourth-order valence-electron chi connectivity index (χ4n) is 4.11. The molecule has 132 valence electrons. The van der Waals surface area contributed by atoms with Gasteiger partial charge in [0.2, 0.25) is 0 Å². The highest BCUT2D eigenvalue weighted by Gasteiger charge is 2.63. The lowest BCUT2D eigenvalue weighted by molar-refractivity contribution is -0.125. The van der Waals surface area contributed by atoms with Crippen LogP contribution in [0.15, 0.2) is 24.3 Å². The monoisotopic (exact) mass is 350 g/mol. The van der Waals surface area contributed by atoms with Crippen LogP contribution in [0, 0.1) is 5.92 Å². The SMILES string of the molecule is CC(C)C(=O)C1(c2ccc(Cl)cc2)CC1N1CCN(CCO)CC1. The number of aliphatic hydroxyl groups is 1. The molecule has 2 unspecified atom stereocenters. The van der Waals surface area contributed by atoms with Gasteiger partial charge < -0.3 is 5.11 Å². The Labute approximate surface area is 149 Å². The fourth-order valence-corrected chi connectivity index (χ4v) is 4.23. The maximum atomic E-state index is 13.0. The zero-order valence-electron chi connectivity index (χ0n) is 14.5. The molecule has 1 aromatic rings. The number of hydrogen-bond donors (Lipinski definition) is 1. The molecule has 4 nitrogen and oxygen atoms in total. The van der Waals surface area contributed by atoms with Crippen molar-refractivity contribution < 1.29 is 9.90 Å². The normalized spacial score (nSPS) is 28.3. The average Bonchev–Trinajstić information content (AvgIpc) is 3.32. The number of Topliss-reactive ketones (excluding diaryl/α,β-unsaturated/α-hetero) is 1. The molecule has 0 radical (unpaired) electrons. The van der Waals surface area contributed by atoms with Gasteiger partial charge in [-0.15, -0.1) is 0 Å². The second kappa shape index (κ2) is 7.12. The molecule has 1 heterocycles. The molecule has 1 saturated heterocycles. The predicted octanol–water partition coefficient (Wildman–Crippen LogP) is 2.19. The zero-order chi connectivity index (χ0) is 17.3. The third-order valence-corrected chi connectivity index (χ3v) is 5.76. The molecule has 0 aromatic heterocycles. The molecule has 1 N–H and O–H groups in total. The minimum absolute atomic E-state index is 0.0290. The molecule has 1 aliphatic carbocycles. The molecule has 0 spiro atoms. The van der Waals surface area contributed by atoms with Gasteiger partial charge in [-0.1, -0.05) is 37.6 Å². The molecule has 0 amide bonds. The molecule has 5 heteroatoms. The lowest BCUT2D eigenvalue weighted by Crippen LogP contribution is -2.50. The van der Waals surface area contributed by atoms with E-state index in [0.29, 0.717) is 16.8 Å². The Morgan fingerprint density at radius 2 is 1.88 bits per heavy atom. The fraction of sp³-hybridized carbons (Fsp3) is 0.632. The van der Waals surface area contributed by atoms with Crippen molar-refractivity contribution in [3.8, 4) is 0 Å². The smallest absolute Gasteiger partial charge is 0.147 e. The molecule has 2 fully saturated rings. The van der Waals surface area contributed by atoms with E-state index in [1.807, 2.05) is 38.1 Å². The Morgan fingerprint density at radius 1 is 1.25 bits per heavy atom. The average molecular weight is 351 g/mol. The predicted molar refractivity (Wildman–Crippen MR) is 96.5 cm³/mol. The standard InChI is InChI=1S/C19H27ClN2O2/c1-14(2)18(24)19(15-3-5-16(20)6-4-15)13-17(19)22-9-7-21(8-10-22)11-12-23/h3-6,14,17,23H,7-13H2,1-2H3. The zero-order valence-corrected chi connectivity index (χ0v) is 15.3. The van der Waals surface area contributed by atoms with Crippen LogP contribution in [0.3, 0.4) is 0 Å². The quantitative estimate of drug-likeness (QED) is 0.854. The lowest BCUT2D eigenvalue weighted by Gasteiger charge is -2.36. The number of carbonyl (C=O) groups is 1. The Hall–Kier alpha value is -0.940. The van der Waals surface area contributed by atoms with Crippen LogP contribution < -0.4 is 0 Å². The second-order valence-electron chi connectivity index (χ2n) is 7.32. The molecule has 2 aliphatic rings. The molecular weight excluding hydrogens is 324 g/mol. The number of carbonyl (C=O) groups excluding carboxylic acids is 1. The first kappa shape index (κ1) is 17.9. The van der Waals surface area contributed by atoms with E-state index in [4.69, 9.17) is 16.7 Å². The van der Waals surface area contributed by atoms with Crippen molar-refractivity contribution in [2.75, 3.05) is 39.3 Å². The largest absolute Gasteiger partial charge is 0.395 e. The number of aliphatic hydroxyl groups excluding tert-OH is 1. The van der Waals surface area contributed by atoms with Crippen molar-refractivity contribution in [1.82, 2.24) is 9.80 Å². The summed E-state index contributed by atoms with van der Waals surface area (Å²) in [6, 6.07) is 8.11. The first-order chi connectivity index (χ1) is 11.5. The van der Waals surface area contributed by atoms with E-state index in [1.165, 1.54) is 0 Å². The maximum absolute atomic E-state index is 13.0. The number of piperazine rings is 1. The minimum Gasteiger partial charge on any atom is -0.395 e. The van der Waals surface area contributed by atoms with Crippen LogP contribution in [0.25, 0.3) is 0 Å². The molecule has 0 bridgehead atoms. The van der Waals surface area contributed by atoms with Gasteiger partial charge in [0.15, 0.2) is 0 Å². The Kier molecular flexibility index (Phi) is 5.30. The summed E-state index contributed by atoms with van der Waals surface area (Å²) in [4.78, 5) is 17.8. The molecular formula is C19H27ClN2O2. The van der Waals surface area contributed by atoms with Crippen LogP contribution in [-0.4, -0.2) is 66.1 Å². The van der Waals surface area contributed by atoms with Crippen LogP contribution in [0.2, 0.25) is 5.02 Å². The number of rotatable bonds is 6. The topological polar surface area (TPSA) is 43.8 Å². The molecule has 1 aliphatic heterocycles. The third kappa shape index (κ3) is 3.25. The molecule has 24 heavy (non-hydrogen) atoms. The number of nitrogens with zero attached hydrogens (tertiary/aromatic N) is 2. The number of β-amino-alcohol motifs (C(OH)–C–C–N with tert-alkyl or cyclic N) is 1. The Bertz CT molecular complexity index is 582. The van der Waals surface area contributed by atoms with Crippen molar-refractivity contribution in [1.29, 1.82) is 0 Å². The van der Waals surface area contributed by atoms with Crippen molar-refractivity contribution >= 4 is 17.4 Å². The van der Waals surface area contributed by atoms with E-state index in [0.717, 1.165) is 44.7 Å². The number of benzene rings is 1. The lowest BCUT2D eigenvalue weighted by atomic mass is 9.84. The van der Waals surface area contributed by atoms with Gasteiger partial charge in [-0.2, -0.15) is 0 Å². The van der Waals surface area contributed by atoms with Crippen LogP contribution in [-0.2, 0) is 10.2 Å². The first-order valence-corrected chi connectivity index (χ1v) is 9.24. The van der Waals surface area contributed by atoms with Gasteiger partial charge in [-0.25, -0.2) is 0 Å². The Balaban J connectivity index is 1.78. The summed E-state index contributed by atoms with van der Waals surface area (Å²) in [5, 5.41) is 9.79. The van der Waals surface area contributed by atoms with Crippen LogP contribution in [0.4, 0.5) is 0 Å². The van der Waals surface area contributed by atoms with Gasteiger partial charge in [0.05, 0.1) is 12.0 Å². The summed E-state index contributed by atoms with van der Waals surface area (Å²) in [7, 11) is 0. The molecule has 2 atom stereocenters. The minimum atomic E-state index is -0.363. The summed E-state index contributed by atoms with van der Waals surface area (Å²) < 4.78 is 0. The maximum Gasteiger partial charge on any atom is 0.147 e. The van der Waals surface area contributed by atoms with Gasteiger partial charge in [-0.3, -0.25) is 14.6 Å². The summed E-state index contributed by atoms with van der Waals surface area (Å²) >= 11 is 6.03. The van der Waals surface area contributed by atoms with Crippen molar-refractivity contribution in [2.24, 2.45) is 5.92 Å². The van der Waals surface area contributed by atoms with Crippen LogP contribution >= 0.6 is 11.6 Å². The summed E-state index contributed by atoms with van der Waals surface area (Å²) in [6.45, 7) is 8.79. The third-order valence-electron chi connectivity index (χ3n) is 5.51. The highest BCUT2D eigenvalue weighted by molar-refractivity contribution is 6.30.